The third-order valence-electron chi connectivity index (χ3n) is 5.59. The van der Waals surface area contributed by atoms with Crippen LogP contribution in [0.2, 0.25) is 0 Å². The summed E-state index contributed by atoms with van der Waals surface area (Å²) in [7, 11) is 0. The molecule has 156 valence electrons. The van der Waals surface area contributed by atoms with Gasteiger partial charge in [0, 0.05) is 47.0 Å². The predicted molar refractivity (Wildman–Crippen MR) is 127 cm³/mol. The highest BCUT2D eigenvalue weighted by atomic mass is 32.1. The highest BCUT2D eigenvalue weighted by molar-refractivity contribution is 7.17. The van der Waals surface area contributed by atoms with Gasteiger partial charge in [-0.15, -0.1) is 11.3 Å². The molecule has 0 unspecified atom stereocenters. The summed E-state index contributed by atoms with van der Waals surface area (Å²) in [4.78, 5) is 24.6. The zero-order chi connectivity index (χ0) is 21.2. The molecule has 1 saturated heterocycles. The molecular weight excluding hydrogens is 406 g/mol. The number of nitrogen functional groups attached to an aromatic ring is 1. The number of carbonyl (C=O) groups excluding carboxylic acids is 1. The van der Waals surface area contributed by atoms with Gasteiger partial charge in [-0.3, -0.25) is 4.79 Å². The molecule has 0 atom stereocenters. The lowest BCUT2D eigenvalue weighted by atomic mass is 10.0. The van der Waals surface area contributed by atoms with Crippen molar-refractivity contribution in [3.8, 4) is 11.1 Å². The average molecular weight is 430 g/mol. The normalized spacial score (nSPS) is 14.5. The van der Waals surface area contributed by atoms with Gasteiger partial charge in [0.15, 0.2) is 0 Å². The molecule has 4 aromatic rings. The Morgan fingerprint density at radius 3 is 2.94 bits per heavy atom. The lowest BCUT2D eigenvalue weighted by molar-refractivity contribution is 0.103. The van der Waals surface area contributed by atoms with Gasteiger partial charge >= 0.3 is 0 Å². The van der Waals surface area contributed by atoms with E-state index in [-0.39, 0.29) is 11.6 Å². The summed E-state index contributed by atoms with van der Waals surface area (Å²) in [6.45, 7) is 3.70. The molecule has 5 rings (SSSR count). The van der Waals surface area contributed by atoms with Crippen LogP contribution in [0.4, 0.5) is 11.6 Å². The van der Waals surface area contributed by atoms with Gasteiger partial charge in [0.2, 0.25) is 5.78 Å². The van der Waals surface area contributed by atoms with Crippen molar-refractivity contribution in [1.82, 2.24) is 15.3 Å². The van der Waals surface area contributed by atoms with Gasteiger partial charge < -0.3 is 16.0 Å². The third-order valence-corrected chi connectivity index (χ3v) is 6.55. The van der Waals surface area contributed by atoms with Crippen LogP contribution in [-0.2, 0) is 0 Å². The van der Waals surface area contributed by atoms with Crippen LogP contribution in [0, 0.1) is 0 Å². The van der Waals surface area contributed by atoms with Gasteiger partial charge in [-0.2, -0.15) is 0 Å². The summed E-state index contributed by atoms with van der Waals surface area (Å²) in [5.41, 5.74) is 8.82. The van der Waals surface area contributed by atoms with Crippen LogP contribution in [0.5, 0.6) is 0 Å². The second-order valence-corrected chi connectivity index (χ2v) is 8.51. The zero-order valence-corrected chi connectivity index (χ0v) is 17.9. The molecule has 0 radical (unpaired) electrons. The standard InChI is InChI=1S/C24H23N5OS/c25-24-18(13-16(14-27-24)19-15-31-21-7-2-1-5-17(19)21)23(30)20-6-3-8-22(28-20)29-11-4-9-26-10-12-29/h1-3,5-8,13-15,26H,4,9-12H2,(H2,25,27). The van der Waals surface area contributed by atoms with Crippen LogP contribution in [0.25, 0.3) is 21.2 Å². The van der Waals surface area contributed by atoms with Crippen molar-refractivity contribution in [1.29, 1.82) is 0 Å². The average Bonchev–Trinajstić information content (AvgIpc) is 3.05. The molecule has 7 heteroatoms. The molecule has 0 aliphatic carbocycles. The van der Waals surface area contributed by atoms with Gasteiger partial charge in [0.05, 0.1) is 5.56 Å². The smallest absolute Gasteiger partial charge is 0.215 e. The number of fused-ring (bicyclic) bond motifs is 1. The fourth-order valence-corrected chi connectivity index (χ4v) is 4.91. The van der Waals surface area contributed by atoms with Gasteiger partial charge in [-0.25, -0.2) is 9.97 Å². The molecule has 6 nitrogen and oxygen atoms in total. The Hall–Kier alpha value is -3.29. The van der Waals surface area contributed by atoms with E-state index in [1.165, 1.54) is 4.70 Å². The van der Waals surface area contributed by atoms with E-state index in [9.17, 15) is 4.79 Å². The molecule has 4 heterocycles. The Morgan fingerprint density at radius 2 is 2.00 bits per heavy atom. The molecule has 0 spiro atoms. The fraction of sp³-hybridized carbons (Fsp3) is 0.208. The van der Waals surface area contributed by atoms with Crippen LogP contribution >= 0.6 is 11.3 Å². The van der Waals surface area contributed by atoms with Gasteiger partial charge in [0.1, 0.15) is 17.3 Å². The summed E-state index contributed by atoms with van der Waals surface area (Å²) in [5, 5.41) is 6.63. The number of aromatic nitrogens is 2. The molecule has 31 heavy (non-hydrogen) atoms. The van der Waals surface area contributed by atoms with Crippen molar-refractivity contribution in [2.75, 3.05) is 36.8 Å². The molecule has 1 fully saturated rings. The van der Waals surface area contributed by atoms with E-state index < -0.39 is 0 Å². The summed E-state index contributed by atoms with van der Waals surface area (Å²) in [5.74, 6) is 0.835. The number of ketones is 1. The number of thiophene rings is 1. The quantitative estimate of drug-likeness (QED) is 0.478. The van der Waals surface area contributed by atoms with Gasteiger partial charge in [0.25, 0.3) is 0 Å². The minimum absolute atomic E-state index is 0.207. The lowest BCUT2D eigenvalue weighted by Gasteiger charge is -2.21. The van der Waals surface area contributed by atoms with E-state index in [1.807, 2.05) is 30.3 Å². The molecule has 1 aliphatic heterocycles. The largest absolute Gasteiger partial charge is 0.383 e. The first kappa shape index (κ1) is 19.7. The van der Waals surface area contributed by atoms with Crippen LogP contribution in [0.1, 0.15) is 22.5 Å². The van der Waals surface area contributed by atoms with E-state index in [4.69, 9.17) is 5.73 Å². The predicted octanol–water partition coefficient (Wildman–Crippen LogP) is 3.97. The molecule has 0 bridgehead atoms. The number of nitrogens with one attached hydrogen (secondary N) is 1. The maximum Gasteiger partial charge on any atom is 0.215 e. The molecule has 0 saturated carbocycles. The van der Waals surface area contributed by atoms with Crippen molar-refractivity contribution in [2.45, 2.75) is 6.42 Å². The van der Waals surface area contributed by atoms with E-state index >= 15 is 0 Å². The van der Waals surface area contributed by atoms with Gasteiger partial charge in [-0.05, 0) is 42.6 Å². The van der Waals surface area contributed by atoms with Crippen LogP contribution in [0.15, 0.2) is 60.1 Å². The minimum Gasteiger partial charge on any atom is -0.383 e. The summed E-state index contributed by atoms with van der Waals surface area (Å²) < 4.78 is 1.20. The highest BCUT2D eigenvalue weighted by Crippen LogP contribution is 2.34. The lowest BCUT2D eigenvalue weighted by Crippen LogP contribution is -2.29. The second kappa shape index (κ2) is 8.45. The number of hydrogen-bond donors (Lipinski definition) is 2. The third kappa shape index (κ3) is 3.89. The monoisotopic (exact) mass is 429 g/mol. The maximum absolute atomic E-state index is 13.3. The van der Waals surface area contributed by atoms with Crippen LogP contribution in [0.3, 0.4) is 0 Å². The number of anilines is 2. The van der Waals surface area contributed by atoms with Crippen molar-refractivity contribution in [3.05, 3.63) is 71.4 Å². The molecular formula is C24H23N5OS. The van der Waals surface area contributed by atoms with Crippen LogP contribution < -0.4 is 16.0 Å². The SMILES string of the molecule is Nc1ncc(-c2csc3ccccc23)cc1C(=O)c1cccc(N2CCCNCC2)n1. The van der Waals surface area contributed by atoms with Gasteiger partial charge in [-0.1, -0.05) is 24.3 Å². The Labute approximate surface area is 184 Å². The maximum atomic E-state index is 13.3. The first-order valence-electron chi connectivity index (χ1n) is 10.4. The number of hydrogen-bond acceptors (Lipinski definition) is 7. The molecule has 0 amide bonds. The summed E-state index contributed by atoms with van der Waals surface area (Å²) >= 11 is 1.68. The number of carbonyl (C=O) groups is 1. The number of nitrogens with two attached hydrogens (primary N) is 1. The summed E-state index contributed by atoms with van der Waals surface area (Å²) in [6.07, 6.45) is 2.78. The molecule has 1 aromatic carbocycles. The summed E-state index contributed by atoms with van der Waals surface area (Å²) in [6, 6.07) is 15.6. The Bertz CT molecular complexity index is 1240. The van der Waals surface area contributed by atoms with Crippen LogP contribution in [-0.4, -0.2) is 41.9 Å². The number of pyridine rings is 2. The van der Waals surface area contributed by atoms with Crippen molar-refractivity contribution in [2.24, 2.45) is 0 Å². The van der Waals surface area contributed by atoms with E-state index in [0.29, 0.717) is 11.3 Å². The van der Waals surface area contributed by atoms with E-state index in [1.54, 1.807) is 23.6 Å². The second-order valence-electron chi connectivity index (χ2n) is 7.60. The topological polar surface area (TPSA) is 84.1 Å². The number of rotatable bonds is 4. The van der Waals surface area contributed by atoms with Crippen molar-refractivity contribution < 1.29 is 4.79 Å². The fourth-order valence-electron chi connectivity index (χ4n) is 3.94. The first-order valence-corrected chi connectivity index (χ1v) is 11.3. The highest BCUT2D eigenvalue weighted by Gasteiger charge is 2.19. The van der Waals surface area contributed by atoms with E-state index in [0.717, 1.165) is 54.9 Å². The minimum atomic E-state index is -0.207. The Kier molecular flexibility index (Phi) is 5.36. The number of nitrogens with zero attached hydrogens (tertiary/aromatic N) is 3. The van der Waals surface area contributed by atoms with Crippen molar-refractivity contribution >= 4 is 38.8 Å². The van der Waals surface area contributed by atoms with Crippen molar-refractivity contribution in [3.63, 3.8) is 0 Å². The zero-order valence-electron chi connectivity index (χ0n) is 17.0. The molecule has 3 N–H and O–H groups in total. The molecule has 3 aromatic heterocycles. The Balaban J connectivity index is 1.50. The first-order chi connectivity index (χ1) is 15.2. The number of benzene rings is 1. The van der Waals surface area contributed by atoms with E-state index in [2.05, 4.69) is 37.7 Å². The Morgan fingerprint density at radius 1 is 1.10 bits per heavy atom. The molecule has 1 aliphatic rings.